The van der Waals surface area contributed by atoms with Crippen LogP contribution in [0.3, 0.4) is 0 Å². The number of aliphatic carboxylic acids is 1. The number of hydrogen-bond acceptors (Lipinski definition) is 5. The van der Waals surface area contributed by atoms with Gasteiger partial charge in [-0.1, -0.05) is 24.3 Å². The first kappa shape index (κ1) is 28.1. The highest BCUT2D eigenvalue weighted by Gasteiger charge is 2.46. The van der Waals surface area contributed by atoms with Gasteiger partial charge in [0.1, 0.15) is 0 Å². The van der Waals surface area contributed by atoms with Crippen LogP contribution in [-0.4, -0.2) is 90.1 Å². The number of alkyl halides is 3. The number of piperidine rings is 1. The van der Waals surface area contributed by atoms with Crippen molar-refractivity contribution in [2.45, 2.75) is 43.2 Å². The number of carboxylic acids is 1. The number of likely N-dealkylation sites (tertiary alicyclic amines) is 1. The highest BCUT2D eigenvalue weighted by molar-refractivity contribution is 7.08. The summed E-state index contributed by atoms with van der Waals surface area (Å²) in [5.41, 5.74) is 3.70. The Bertz CT molecular complexity index is 1140. The molecule has 1 aromatic heterocycles. The van der Waals surface area contributed by atoms with Gasteiger partial charge in [-0.05, 0) is 60.2 Å². The maximum absolute atomic E-state index is 13.1. The van der Waals surface area contributed by atoms with Crippen molar-refractivity contribution in [2.75, 3.05) is 46.3 Å². The Morgan fingerprint density at radius 3 is 2.21 bits per heavy atom. The summed E-state index contributed by atoms with van der Waals surface area (Å²) in [7, 11) is 2.12. The normalized spacial score (nSPS) is 21.0. The molecule has 3 aliphatic rings. The van der Waals surface area contributed by atoms with E-state index in [0.29, 0.717) is 18.2 Å². The smallest absolute Gasteiger partial charge is 0.475 e. The van der Waals surface area contributed by atoms with E-state index in [1.165, 1.54) is 11.1 Å². The van der Waals surface area contributed by atoms with Gasteiger partial charge in [0, 0.05) is 51.1 Å². The van der Waals surface area contributed by atoms with Gasteiger partial charge in [0.05, 0.1) is 5.56 Å². The Labute approximate surface area is 223 Å². The molecule has 38 heavy (non-hydrogen) atoms. The Morgan fingerprint density at radius 2 is 1.63 bits per heavy atom. The molecule has 11 heteroatoms. The first-order valence-electron chi connectivity index (χ1n) is 12.7. The van der Waals surface area contributed by atoms with Crippen molar-refractivity contribution in [3.8, 4) is 0 Å². The molecule has 7 nitrogen and oxygen atoms in total. The quantitative estimate of drug-likeness (QED) is 0.619. The number of halogens is 3. The second-order valence-electron chi connectivity index (χ2n) is 10.3. The van der Waals surface area contributed by atoms with E-state index in [2.05, 4.69) is 41.1 Å². The van der Waals surface area contributed by atoms with Crippen LogP contribution >= 0.6 is 11.3 Å². The van der Waals surface area contributed by atoms with Gasteiger partial charge in [0.2, 0.25) is 5.91 Å². The van der Waals surface area contributed by atoms with Crippen molar-refractivity contribution in [2.24, 2.45) is 0 Å². The zero-order valence-electron chi connectivity index (χ0n) is 21.2. The van der Waals surface area contributed by atoms with Crippen molar-refractivity contribution in [1.29, 1.82) is 0 Å². The van der Waals surface area contributed by atoms with Crippen molar-refractivity contribution in [1.82, 2.24) is 14.7 Å². The molecule has 0 bridgehead atoms. The summed E-state index contributed by atoms with van der Waals surface area (Å²) in [5, 5.41) is 11.0. The van der Waals surface area contributed by atoms with Crippen molar-refractivity contribution < 1.29 is 32.7 Å². The zero-order chi connectivity index (χ0) is 27.5. The van der Waals surface area contributed by atoms with Crippen molar-refractivity contribution in [3.05, 3.63) is 57.8 Å². The molecule has 3 heterocycles. The summed E-state index contributed by atoms with van der Waals surface area (Å²) in [4.78, 5) is 41.1. The van der Waals surface area contributed by atoms with Gasteiger partial charge in [0.15, 0.2) is 0 Å². The minimum Gasteiger partial charge on any atom is -0.475 e. The Hall–Kier alpha value is -2.92. The molecule has 0 saturated carbocycles. The molecule has 2 fully saturated rings. The molecular formula is C27H32F3N3O4S. The van der Waals surface area contributed by atoms with Gasteiger partial charge < -0.3 is 19.8 Å². The number of piperazine rings is 1. The van der Waals surface area contributed by atoms with Crippen molar-refractivity contribution >= 4 is 29.1 Å². The molecule has 1 unspecified atom stereocenters. The summed E-state index contributed by atoms with van der Waals surface area (Å²) in [6.07, 6.45) is -1.47. The molecule has 1 atom stereocenters. The third kappa shape index (κ3) is 6.20. The Balaban J connectivity index is 0.000000426. The van der Waals surface area contributed by atoms with E-state index in [1.807, 2.05) is 21.7 Å². The molecule has 5 rings (SSSR count). The van der Waals surface area contributed by atoms with E-state index in [1.54, 1.807) is 11.3 Å². The van der Waals surface area contributed by atoms with E-state index < -0.39 is 12.1 Å². The average Bonchev–Trinajstić information content (AvgIpc) is 3.52. The zero-order valence-corrected chi connectivity index (χ0v) is 22.1. The second kappa shape index (κ2) is 11.4. The van der Waals surface area contributed by atoms with Crippen LogP contribution in [0.5, 0.6) is 0 Å². The van der Waals surface area contributed by atoms with Crippen LogP contribution in [0.15, 0.2) is 41.1 Å². The Kier molecular flexibility index (Phi) is 8.46. The topological polar surface area (TPSA) is 81.2 Å². The predicted octanol–water partition coefficient (Wildman–Crippen LogP) is 4.21. The molecule has 2 amide bonds. The van der Waals surface area contributed by atoms with Gasteiger partial charge in [-0.3, -0.25) is 9.59 Å². The molecule has 1 aromatic carbocycles. The third-order valence-electron chi connectivity index (χ3n) is 7.90. The van der Waals surface area contributed by atoms with Crippen LogP contribution < -0.4 is 0 Å². The molecule has 2 aromatic rings. The molecule has 2 aliphatic heterocycles. The second-order valence-corrected chi connectivity index (χ2v) is 11.0. The van der Waals surface area contributed by atoms with Crippen molar-refractivity contribution in [3.63, 3.8) is 0 Å². The van der Waals surface area contributed by atoms with E-state index in [4.69, 9.17) is 9.90 Å². The molecular weight excluding hydrogens is 519 g/mol. The number of fused-ring (bicyclic) bond motifs is 2. The molecule has 1 spiro atoms. The van der Waals surface area contributed by atoms with E-state index in [9.17, 15) is 22.8 Å². The molecule has 206 valence electrons. The lowest BCUT2D eigenvalue weighted by molar-refractivity contribution is -0.192. The van der Waals surface area contributed by atoms with Crippen LogP contribution in [0.25, 0.3) is 0 Å². The van der Waals surface area contributed by atoms with Gasteiger partial charge in [-0.2, -0.15) is 24.5 Å². The van der Waals surface area contributed by atoms with E-state index in [-0.39, 0.29) is 11.3 Å². The number of nitrogens with zero attached hydrogens (tertiary/aromatic N) is 3. The first-order valence-corrected chi connectivity index (χ1v) is 13.6. The largest absolute Gasteiger partial charge is 0.490 e. The maximum atomic E-state index is 13.1. The van der Waals surface area contributed by atoms with Gasteiger partial charge >= 0.3 is 12.1 Å². The van der Waals surface area contributed by atoms with Crippen LogP contribution in [0.4, 0.5) is 13.2 Å². The van der Waals surface area contributed by atoms with E-state index in [0.717, 1.165) is 64.1 Å². The molecule has 1 N–H and O–H groups in total. The Morgan fingerprint density at radius 1 is 1.00 bits per heavy atom. The summed E-state index contributed by atoms with van der Waals surface area (Å²) < 4.78 is 31.7. The number of carbonyl (C=O) groups is 3. The minimum absolute atomic E-state index is 0.106. The maximum Gasteiger partial charge on any atom is 0.490 e. The number of hydrogen-bond donors (Lipinski definition) is 1. The average molecular weight is 552 g/mol. The van der Waals surface area contributed by atoms with Gasteiger partial charge in [-0.15, -0.1) is 0 Å². The van der Waals surface area contributed by atoms with E-state index >= 15 is 0 Å². The number of carbonyl (C=O) groups excluding carboxylic acids is 2. The highest BCUT2D eigenvalue weighted by atomic mass is 32.1. The lowest BCUT2D eigenvalue weighted by Crippen LogP contribution is -2.47. The third-order valence-corrected chi connectivity index (χ3v) is 8.59. The molecule has 2 saturated heterocycles. The van der Waals surface area contributed by atoms with Crippen LogP contribution in [0.2, 0.25) is 0 Å². The fourth-order valence-corrected chi connectivity index (χ4v) is 6.42. The standard InChI is InChI=1S/C25H31N3O2S.C2HF3O2/c1-26-11-13-27(14-12-26)23(29)16-20-17-25(22-5-3-2-4-21(20)22)7-9-28(10-8-25)24(30)19-6-15-31-18-19;3-2(4,5)1(6)7/h2-6,15,18,20H,7-14,16-17H2,1H3;(H,6,7). The van der Waals surface area contributed by atoms with Crippen LogP contribution in [-0.2, 0) is 15.0 Å². The number of rotatable bonds is 3. The van der Waals surface area contributed by atoms with Gasteiger partial charge in [-0.25, -0.2) is 4.79 Å². The van der Waals surface area contributed by atoms with Crippen LogP contribution in [0, 0.1) is 0 Å². The summed E-state index contributed by atoms with van der Waals surface area (Å²) in [6, 6.07) is 10.7. The minimum atomic E-state index is -5.08. The number of likely N-dealkylation sites (N-methyl/N-ethyl adjacent to an activating group) is 1. The molecule has 0 radical (unpaired) electrons. The fourth-order valence-electron chi connectivity index (χ4n) is 5.79. The number of carboxylic acid groups (broad SMARTS) is 1. The number of amides is 2. The van der Waals surface area contributed by atoms with Crippen LogP contribution in [0.1, 0.15) is 53.1 Å². The SMILES string of the molecule is CN1CCN(C(=O)CC2CC3(CCN(C(=O)c4ccsc4)CC3)c3ccccc32)CC1.O=C(O)C(F)(F)F. The predicted molar refractivity (Wildman–Crippen MR) is 137 cm³/mol. The first-order chi connectivity index (χ1) is 18.0. The fraction of sp³-hybridized carbons (Fsp3) is 0.519. The summed E-state index contributed by atoms with van der Waals surface area (Å²) >= 11 is 1.57. The lowest BCUT2D eigenvalue weighted by Gasteiger charge is -2.40. The monoisotopic (exact) mass is 551 g/mol. The highest BCUT2D eigenvalue weighted by Crippen LogP contribution is 2.52. The summed E-state index contributed by atoms with van der Waals surface area (Å²) in [5.74, 6) is -2.01. The number of thiophene rings is 1. The molecule has 1 aliphatic carbocycles. The number of benzene rings is 1. The summed E-state index contributed by atoms with van der Waals surface area (Å²) in [6.45, 7) is 5.20. The van der Waals surface area contributed by atoms with Gasteiger partial charge in [0.25, 0.3) is 5.91 Å². The lowest BCUT2D eigenvalue weighted by atomic mass is 9.73.